The van der Waals surface area contributed by atoms with E-state index in [0.717, 1.165) is 6.54 Å². The van der Waals surface area contributed by atoms with Crippen LogP contribution >= 0.6 is 11.8 Å². The number of amides is 1. The van der Waals surface area contributed by atoms with Crippen LogP contribution in [0, 0.1) is 5.92 Å². The summed E-state index contributed by atoms with van der Waals surface area (Å²) in [5.74, 6) is 3.11. The van der Waals surface area contributed by atoms with Crippen molar-refractivity contribution in [3.63, 3.8) is 0 Å². The first-order chi connectivity index (χ1) is 7.06. The van der Waals surface area contributed by atoms with Gasteiger partial charge in [0.1, 0.15) is 0 Å². The molecule has 1 saturated heterocycles. The third-order valence-electron chi connectivity index (χ3n) is 3.15. The van der Waals surface area contributed by atoms with Gasteiger partial charge in [0, 0.05) is 6.54 Å². The molecule has 0 aliphatic carbocycles. The molecule has 0 aromatic heterocycles. The van der Waals surface area contributed by atoms with E-state index in [-0.39, 0.29) is 5.91 Å². The van der Waals surface area contributed by atoms with Gasteiger partial charge in [0.25, 0.3) is 0 Å². The van der Waals surface area contributed by atoms with Gasteiger partial charge in [-0.05, 0) is 43.6 Å². The van der Waals surface area contributed by atoms with Crippen LogP contribution in [0.2, 0.25) is 0 Å². The minimum atomic E-state index is -0.705. The molecule has 3 N–H and O–H groups in total. The van der Waals surface area contributed by atoms with Crippen LogP contribution in [-0.2, 0) is 4.79 Å². The van der Waals surface area contributed by atoms with Crippen molar-refractivity contribution in [1.29, 1.82) is 0 Å². The van der Waals surface area contributed by atoms with Crippen LogP contribution < -0.4 is 11.1 Å². The van der Waals surface area contributed by atoms with Gasteiger partial charge in [-0.1, -0.05) is 6.92 Å². The molecule has 1 fully saturated rings. The lowest BCUT2D eigenvalue weighted by molar-refractivity contribution is -0.126. The standard InChI is InChI=1S/C11H22N2OS/c1-3-11(2,12)10(14)13-8-9-4-6-15-7-5-9/h9H,3-8,12H2,1-2H3,(H,13,14). The highest BCUT2D eigenvalue weighted by molar-refractivity contribution is 7.99. The predicted octanol–water partition coefficient (Wildman–Crippen LogP) is 1.37. The number of hydrogen-bond acceptors (Lipinski definition) is 3. The summed E-state index contributed by atoms with van der Waals surface area (Å²) in [5, 5.41) is 2.97. The van der Waals surface area contributed by atoms with Crippen molar-refractivity contribution in [3.8, 4) is 0 Å². The van der Waals surface area contributed by atoms with E-state index in [2.05, 4.69) is 5.32 Å². The number of thioether (sulfide) groups is 1. The van der Waals surface area contributed by atoms with Crippen LogP contribution in [0.4, 0.5) is 0 Å². The zero-order chi connectivity index (χ0) is 11.3. The second-order valence-electron chi connectivity index (χ2n) is 4.54. The first kappa shape index (κ1) is 12.8. The highest BCUT2D eigenvalue weighted by Crippen LogP contribution is 2.22. The smallest absolute Gasteiger partial charge is 0.239 e. The van der Waals surface area contributed by atoms with E-state index in [1.807, 2.05) is 18.7 Å². The summed E-state index contributed by atoms with van der Waals surface area (Å²) < 4.78 is 0. The van der Waals surface area contributed by atoms with Crippen LogP contribution in [-0.4, -0.2) is 29.5 Å². The Morgan fingerprint density at radius 2 is 2.13 bits per heavy atom. The molecule has 88 valence electrons. The Balaban J connectivity index is 2.26. The van der Waals surface area contributed by atoms with Gasteiger partial charge in [-0.25, -0.2) is 0 Å². The number of carbonyl (C=O) groups is 1. The second-order valence-corrected chi connectivity index (χ2v) is 5.76. The van der Waals surface area contributed by atoms with E-state index in [1.54, 1.807) is 6.92 Å². The quantitative estimate of drug-likeness (QED) is 0.767. The van der Waals surface area contributed by atoms with Crippen molar-refractivity contribution in [3.05, 3.63) is 0 Å². The van der Waals surface area contributed by atoms with Gasteiger partial charge in [-0.3, -0.25) is 4.79 Å². The number of nitrogens with one attached hydrogen (secondary N) is 1. The Morgan fingerprint density at radius 1 is 1.53 bits per heavy atom. The molecule has 0 spiro atoms. The van der Waals surface area contributed by atoms with Crippen LogP contribution in [0.25, 0.3) is 0 Å². The fourth-order valence-corrected chi connectivity index (χ4v) is 2.75. The van der Waals surface area contributed by atoms with Crippen LogP contribution in [0.5, 0.6) is 0 Å². The lowest BCUT2D eigenvalue weighted by atomic mass is 9.98. The van der Waals surface area contributed by atoms with Crippen molar-refractivity contribution >= 4 is 17.7 Å². The molecule has 0 aromatic carbocycles. The van der Waals surface area contributed by atoms with Gasteiger partial charge >= 0.3 is 0 Å². The Bertz CT molecular complexity index is 213. The molecule has 1 rings (SSSR count). The third kappa shape index (κ3) is 4.03. The Morgan fingerprint density at radius 3 is 2.67 bits per heavy atom. The molecule has 0 aromatic rings. The summed E-state index contributed by atoms with van der Waals surface area (Å²) in [7, 11) is 0. The molecule has 1 amide bonds. The summed E-state index contributed by atoms with van der Waals surface area (Å²) in [6.07, 6.45) is 3.12. The maximum absolute atomic E-state index is 11.7. The summed E-state index contributed by atoms with van der Waals surface area (Å²) in [6.45, 7) is 4.53. The maximum atomic E-state index is 11.7. The molecule has 1 atom stereocenters. The van der Waals surface area contributed by atoms with Crippen molar-refractivity contribution < 1.29 is 4.79 Å². The molecule has 1 heterocycles. The van der Waals surface area contributed by atoms with E-state index < -0.39 is 5.54 Å². The number of hydrogen-bond donors (Lipinski definition) is 2. The molecule has 1 aliphatic heterocycles. The SMILES string of the molecule is CCC(C)(N)C(=O)NCC1CCSCC1. The summed E-state index contributed by atoms with van der Waals surface area (Å²) in [5.41, 5.74) is 5.15. The first-order valence-electron chi connectivity index (χ1n) is 5.71. The molecule has 0 bridgehead atoms. The lowest BCUT2D eigenvalue weighted by Crippen LogP contribution is -2.52. The monoisotopic (exact) mass is 230 g/mol. The molecule has 15 heavy (non-hydrogen) atoms. The van der Waals surface area contributed by atoms with Gasteiger partial charge in [-0.15, -0.1) is 0 Å². The predicted molar refractivity (Wildman–Crippen MR) is 65.9 cm³/mol. The molecular weight excluding hydrogens is 208 g/mol. The average Bonchev–Trinajstić information content (AvgIpc) is 2.27. The first-order valence-corrected chi connectivity index (χ1v) is 6.86. The van der Waals surface area contributed by atoms with Crippen molar-refractivity contribution in [2.24, 2.45) is 11.7 Å². The zero-order valence-corrected chi connectivity index (χ0v) is 10.5. The Kier molecular flexibility index (Phi) is 4.93. The number of carbonyl (C=O) groups excluding carboxylic acids is 1. The highest BCUT2D eigenvalue weighted by Gasteiger charge is 2.26. The largest absolute Gasteiger partial charge is 0.354 e. The maximum Gasteiger partial charge on any atom is 0.239 e. The van der Waals surface area contributed by atoms with Gasteiger partial charge in [0.15, 0.2) is 0 Å². The van der Waals surface area contributed by atoms with E-state index in [9.17, 15) is 4.79 Å². The van der Waals surface area contributed by atoms with Crippen molar-refractivity contribution in [1.82, 2.24) is 5.32 Å². The van der Waals surface area contributed by atoms with Gasteiger partial charge < -0.3 is 11.1 Å². The molecule has 0 saturated carbocycles. The summed E-state index contributed by atoms with van der Waals surface area (Å²) >= 11 is 2.01. The second kappa shape index (κ2) is 5.75. The van der Waals surface area contributed by atoms with E-state index in [0.29, 0.717) is 12.3 Å². The van der Waals surface area contributed by atoms with Gasteiger partial charge in [0.2, 0.25) is 5.91 Å². The normalized spacial score (nSPS) is 22.1. The molecule has 1 aliphatic rings. The molecule has 1 unspecified atom stereocenters. The molecular formula is C11H22N2OS. The number of nitrogens with two attached hydrogens (primary N) is 1. The zero-order valence-electron chi connectivity index (χ0n) is 9.71. The molecule has 3 nitrogen and oxygen atoms in total. The van der Waals surface area contributed by atoms with Crippen LogP contribution in [0.3, 0.4) is 0 Å². The van der Waals surface area contributed by atoms with Gasteiger partial charge in [0.05, 0.1) is 5.54 Å². The van der Waals surface area contributed by atoms with Crippen molar-refractivity contribution in [2.75, 3.05) is 18.1 Å². The Labute approximate surface area is 96.6 Å². The number of rotatable bonds is 4. The average molecular weight is 230 g/mol. The van der Waals surface area contributed by atoms with E-state index in [1.165, 1.54) is 24.3 Å². The summed E-state index contributed by atoms with van der Waals surface area (Å²) in [6, 6.07) is 0. The fraction of sp³-hybridized carbons (Fsp3) is 0.909. The topological polar surface area (TPSA) is 55.1 Å². The summed E-state index contributed by atoms with van der Waals surface area (Å²) in [4.78, 5) is 11.7. The van der Waals surface area contributed by atoms with Gasteiger partial charge in [-0.2, -0.15) is 11.8 Å². The highest BCUT2D eigenvalue weighted by atomic mass is 32.2. The molecule has 4 heteroatoms. The van der Waals surface area contributed by atoms with E-state index >= 15 is 0 Å². The minimum absolute atomic E-state index is 0.0109. The minimum Gasteiger partial charge on any atom is -0.354 e. The Hall–Kier alpha value is -0.220. The van der Waals surface area contributed by atoms with Crippen molar-refractivity contribution in [2.45, 2.75) is 38.6 Å². The lowest BCUT2D eigenvalue weighted by Gasteiger charge is -2.25. The van der Waals surface area contributed by atoms with Crippen LogP contribution in [0.1, 0.15) is 33.1 Å². The third-order valence-corrected chi connectivity index (χ3v) is 4.19. The molecule has 0 radical (unpaired) electrons. The van der Waals surface area contributed by atoms with E-state index in [4.69, 9.17) is 5.73 Å². The van der Waals surface area contributed by atoms with Crippen LogP contribution in [0.15, 0.2) is 0 Å². The fourth-order valence-electron chi connectivity index (χ4n) is 1.55.